The number of halogens is 2. The molecule has 2 heterocycles. The molecule has 2 N–H and O–H groups in total. The molecule has 0 spiro atoms. The van der Waals surface area contributed by atoms with Crippen molar-refractivity contribution in [3.8, 4) is 6.07 Å². The van der Waals surface area contributed by atoms with Crippen molar-refractivity contribution in [2.45, 2.75) is 13.0 Å². The zero-order valence-corrected chi connectivity index (χ0v) is 12.2. The molecule has 1 aliphatic rings. The molecule has 0 aliphatic carbocycles. The molecule has 2 rings (SSSR count). The van der Waals surface area contributed by atoms with Crippen molar-refractivity contribution in [2.24, 2.45) is 0 Å². The van der Waals surface area contributed by atoms with Crippen LogP contribution in [0.25, 0.3) is 0 Å². The lowest BCUT2D eigenvalue weighted by Gasteiger charge is -2.22. The Morgan fingerprint density at radius 2 is 2.32 bits per heavy atom. The fourth-order valence-electron chi connectivity index (χ4n) is 2.06. The summed E-state index contributed by atoms with van der Waals surface area (Å²) in [6, 6.07) is 2.14. The van der Waals surface area contributed by atoms with Crippen LogP contribution in [-0.2, 0) is 17.7 Å². The first-order valence-electron chi connectivity index (χ1n) is 5.82. The van der Waals surface area contributed by atoms with Crippen molar-refractivity contribution < 1.29 is 4.74 Å². The first-order valence-corrected chi connectivity index (χ1v) is 6.20. The molecule has 7 heteroatoms. The summed E-state index contributed by atoms with van der Waals surface area (Å²) in [6.45, 7) is 2.84. The Bertz CT molecular complexity index is 488. The molecular formula is C12H16Cl2N4O. The van der Waals surface area contributed by atoms with Crippen molar-refractivity contribution in [3.05, 3.63) is 21.8 Å². The van der Waals surface area contributed by atoms with Gasteiger partial charge in [0.2, 0.25) is 0 Å². The van der Waals surface area contributed by atoms with Crippen LogP contribution in [0.5, 0.6) is 0 Å². The minimum Gasteiger partial charge on any atom is -0.383 e. The molecule has 0 amide bonds. The van der Waals surface area contributed by atoms with Crippen molar-refractivity contribution in [1.82, 2.24) is 10.3 Å². The van der Waals surface area contributed by atoms with Gasteiger partial charge in [0.25, 0.3) is 0 Å². The number of anilines is 1. The van der Waals surface area contributed by atoms with Crippen LogP contribution in [0.2, 0.25) is 5.15 Å². The summed E-state index contributed by atoms with van der Waals surface area (Å²) < 4.78 is 4.99. The van der Waals surface area contributed by atoms with E-state index in [0.29, 0.717) is 25.3 Å². The molecule has 1 aromatic rings. The van der Waals surface area contributed by atoms with Gasteiger partial charge in [0.05, 0.1) is 12.2 Å². The third kappa shape index (κ3) is 3.48. The van der Waals surface area contributed by atoms with Crippen molar-refractivity contribution >= 4 is 29.8 Å². The maximum atomic E-state index is 9.14. The van der Waals surface area contributed by atoms with Crippen molar-refractivity contribution in [1.29, 1.82) is 5.26 Å². The number of pyridine rings is 1. The number of nitrogens with zero attached hydrogens (tertiary/aromatic N) is 2. The average Bonchev–Trinajstić information content (AvgIpc) is 2.39. The van der Waals surface area contributed by atoms with E-state index in [2.05, 4.69) is 21.7 Å². The lowest BCUT2D eigenvalue weighted by atomic mass is 9.98. The highest BCUT2D eigenvalue weighted by Crippen LogP contribution is 2.28. The number of hydrogen-bond acceptors (Lipinski definition) is 5. The highest BCUT2D eigenvalue weighted by Gasteiger charge is 2.20. The van der Waals surface area contributed by atoms with Crippen LogP contribution in [0.4, 0.5) is 5.82 Å². The number of aromatic nitrogens is 1. The molecule has 0 bridgehead atoms. The van der Waals surface area contributed by atoms with E-state index in [1.807, 2.05) is 0 Å². The van der Waals surface area contributed by atoms with E-state index in [-0.39, 0.29) is 17.6 Å². The van der Waals surface area contributed by atoms with E-state index in [9.17, 15) is 0 Å². The molecule has 5 nitrogen and oxygen atoms in total. The second kappa shape index (κ2) is 7.51. The van der Waals surface area contributed by atoms with E-state index in [0.717, 1.165) is 29.9 Å². The van der Waals surface area contributed by atoms with Crippen LogP contribution in [0, 0.1) is 11.3 Å². The molecule has 0 aromatic carbocycles. The Labute approximate surface area is 123 Å². The van der Waals surface area contributed by atoms with Crippen LogP contribution in [0.3, 0.4) is 0 Å². The number of methoxy groups -OCH3 is 1. The summed E-state index contributed by atoms with van der Waals surface area (Å²) in [4.78, 5) is 4.27. The normalized spacial score (nSPS) is 13.1. The van der Waals surface area contributed by atoms with Crippen LogP contribution in [0.1, 0.15) is 16.7 Å². The van der Waals surface area contributed by atoms with Gasteiger partial charge in [-0.3, -0.25) is 0 Å². The number of nitriles is 1. The topological polar surface area (TPSA) is 70.0 Å². The van der Waals surface area contributed by atoms with Crippen molar-refractivity contribution in [2.75, 3.05) is 32.1 Å². The second-order valence-corrected chi connectivity index (χ2v) is 4.40. The van der Waals surface area contributed by atoms with E-state index in [1.165, 1.54) is 0 Å². The molecule has 0 saturated heterocycles. The SMILES string of the molecule is COCCNc1nc(Cl)c(C#N)c2c1CNCC2.Cl. The highest BCUT2D eigenvalue weighted by molar-refractivity contribution is 6.30. The Balaban J connectivity index is 0.00000180. The lowest BCUT2D eigenvalue weighted by Crippen LogP contribution is -2.27. The van der Waals surface area contributed by atoms with E-state index in [1.54, 1.807) is 7.11 Å². The molecular weight excluding hydrogens is 287 g/mol. The fraction of sp³-hybridized carbons (Fsp3) is 0.500. The van der Waals surface area contributed by atoms with Gasteiger partial charge in [0, 0.05) is 25.8 Å². The smallest absolute Gasteiger partial charge is 0.149 e. The Morgan fingerprint density at radius 3 is 3.00 bits per heavy atom. The van der Waals surface area contributed by atoms with Crippen LogP contribution >= 0.6 is 24.0 Å². The van der Waals surface area contributed by atoms with Gasteiger partial charge in [-0.1, -0.05) is 11.6 Å². The summed E-state index contributed by atoms with van der Waals surface area (Å²) in [6.07, 6.45) is 0.805. The first kappa shape index (κ1) is 16.0. The number of nitrogens with one attached hydrogen (secondary N) is 2. The number of ether oxygens (including phenoxy) is 1. The monoisotopic (exact) mass is 302 g/mol. The standard InChI is InChI=1S/C12H15ClN4O.ClH/c1-18-5-4-16-12-10-7-15-3-2-8(10)9(6-14)11(13)17-12;/h15H,2-5,7H2,1H3,(H,16,17);1H. The maximum absolute atomic E-state index is 9.14. The minimum atomic E-state index is 0. The van der Waals surface area contributed by atoms with Gasteiger partial charge in [-0.05, 0) is 18.5 Å². The van der Waals surface area contributed by atoms with Gasteiger partial charge in [0.15, 0.2) is 0 Å². The summed E-state index contributed by atoms with van der Waals surface area (Å²) in [7, 11) is 1.65. The molecule has 0 unspecified atom stereocenters. The molecule has 0 fully saturated rings. The Hall–Kier alpha value is -1.06. The summed E-state index contributed by atoms with van der Waals surface area (Å²) in [5.74, 6) is 0.748. The maximum Gasteiger partial charge on any atom is 0.149 e. The molecule has 0 radical (unpaired) electrons. The molecule has 19 heavy (non-hydrogen) atoms. The predicted molar refractivity (Wildman–Crippen MR) is 77.0 cm³/mol. The van der Waals surface area contributed by atoms with Gasteiger partial charge < -0.3 is 15.4 Å². The van der Waals surface area contributed by atoms with Gasteiger partial charge in [-0.2, -0.15) is 5.26 Å². The predicted octanol–water partition coefficient (Wildman–Crippen LogP) is 1.73. The van der Waals surface area contributed by atoms with Crippen molar-refractivity contribution in [3.63, 3.8) is 0 Å². The van der Waals surface area contributed by atoms with Gasteiger partial charge in [-0.25, -0.2) is 4.98 Å². The average molecular weight is 303 g/mol. The quantitative estimate of drug-likeness (QED) is 0.655. The third-order valence-corrected chi connectivity index (χ3v) is 3.21. The number of rotatable bonds is 4. The Kier molecular flexibility index (Phi) is 6.32. The molecule has 0 atom stereocenters. The number of fused-ring (bicyclic) bond motifs is 1. The Morgan fingerprint density at radius 1 is 1.53 bits per heavy atom. The van der Waals surface area contributed by atoms with E-state index in [4.69, 9.17) is 21.6 Å². The molecule has 1 aromatic heterocycles. The zero-order valence-electron chi connectivity index (χ0n) is 10.6. The highest BCUT2D eigenvalue weighted by atomic mass is 35.5. The van der Waals surface area contributed by atoms with Crippen LogP contribution in [0.15, 0.2) is 0 Å². The second-order valence-electron chi connectivity index (χ2n) is 4.04. The minimum absolute atomic E-state index is 0. The largest absolute Gasteiger partial charge is 0.383 e. The lowest BCUT2D eigenvalue weighted by molar-refractivity contribution is 0.210. The van der Waals surface area contributed by atoms with E-state index >= 15 is 0 Å². The zero-order chi connectivity index (χ0) is 13.0. The summed E-state index contributed by atoms with van der Waals surface area (Å²) >= 11 is 6.05. The summed E-state index contributed by atoms with van der Waals surface area (Å²) in [5, 5.41) is 15.9. The van der Waals surface area contributed by atoms with E-state index < -0.39 is 0 Å². The van der Waals surface area contributed by atoms with Gasteiger partial charge >= 0.3 is 0 Å². The molecule has 104 valence electrons. The van der Waals surface area contributed by atoms with Crippen LogP contribution < -0.4 is 10.6 Å². The first-order chi connectivity index (χ1) is 8.77. The molecule has 1 aliphatic heterocycles. The van der Waals surface area contributed by atoms with Gasteiger partial charge in [0.1, 0.15) is 17.0 Å². The third-order valence-electron chi connectivity index (χ3n) is 2.93. The fourth-order valence-corrected chi connectivity index (χ4v) is 2.31. The molecule has 0 saturated carbocycles. The van der Waals surface area contributed by atoms with Crippen LogP contribution in [-0.4, -0.2) is 31.8 Å². The number of hydrogen-bond donors (Lipinski definition) is 2. The summed E-state index contributed by atoms with van der Waals surface area (Å²) in [5.41, 5.74) is 2.56. The van der Waals surface area contributed by atoms with Gasteiger partial charge in [-0.15, -0.1) is 12.4 Å².